The number of guanidine groups is 1. The first-order valence-electron chi connectivity index (χ1n) is 7.74. The van der Waals surface area contributed by atoms with Gasteiger partial charge in [-0.05, 0) is 19.8 Å². The van der Waals surface area contributed by atoms with E-state index in [9.17, 15) is 4.79 Å². The van der Waals surface area contributed by atoms with E-state index in [-0.39, 0.29) is 35.3 Å². The number of aryl methyl sites for hydroxylation is 1. The van der Waals surface area contributed by atoms with E-state index in [1.54, 1.807) is 11.3 Å². The second-order valence-electron chi connectivity index (χ2n) is 6.22. The Morgan fingerprint density at radius 2 is 2.43 bits per heavy atom. The van der Waals surface area contributed by atoms with Gasteiger partial charge in [-0.25, -0.2) is 4.98 Å². The predicted molar refractivity (Wildman–Crippen MR) is 103 cm³/mol. The molecule has 1 amide bonds. The van der Waals surface area contributed by atoms with E-state index in [4.69, 9.17) is 0 Å². The lowest BCUT2D eigenvalue weighted by atomic mass is 9.79. The minimum absolute atomic E-state index is 0. The fraction of sp³-hybridized carbons (Fsp3) is 0.667. The van der Waals surface area contributed by atoms with Crippen LogP contribution >= 0.6 is 35.3 Å². The van der Waals surface area contributed by atoms with Gasteiger partial charge in [0.25, 0.3) is 0 Å². The molecule has 3 rings (SSSR count). The molecule has 0 aromatic carbocycles. The van der Waals surface area contributed by atoms with Gasteiger partial charge >= 0.3 is 0 Å². The second-order valence-corrected chi connectivity index (χ2v) is 7.54. The summed E-state index contributed by atoms with van der Waals surface area (Å²) in [5, 5.41) is 7.50. The third kappa shape index (κ3) is 4.34. The molecule has 8 heteroatoms. The average molecular weight is 449 g/mol. The lowest BCUT2D eigenvalue weighted by molar-refractivity contribution is -0.119. The summed E-state index contributed by atoms with van der Waals surface area (Å²) in [5.74, 6) is 1.11. The smallest absolute Gasteiger partial charge is 0.220 e. The van der Waals surface area contributed by atoms with Crippen molar-refractivity contribution in [2.75, 3.05) is 26.7 Å². The number of piperidine rings is 1. The highest BCUT2D eigenvalue weighted by Gasteiger charge is 2.42. The van der Waals surface area contributed by atoms with E-state index >= 15 is 0 Å². The average Bonchev–Trinajstić information content (AvgIpc) is 3.06. The van der Waals surface area contributed by atoms with Crippen LogP contribution in [0.25, 0.3) is 0 Å². The van der Waals surface area contributed by atoms with Gasteiger partial charge in [-0.3, -0.25) is 9.79 Å². The van der Waals surface area contributed by atoms with E-state index in [0.29, 0.717) is 6.42 Å². The van der Waals surface area contributed by atoms with Crippen LogP contribution in [-0.4, -0.2) is 48.4 Å². The molecule has 23 heavy (non-hydrogen) atoms. The highest BCUT2D eigenvalue weighted by atomic mass is 127. The van der Waals surface area contributed by atoms with Gasteiger partial charge in [-0.15, -0.1) is 35.3 Å². The monoisotopic (exact) mass is 449 g/mol. The first-order chi connectivity index (χ1) is 10.6. The van der Waals surface area contributed by atoms with E-state index < -0.39 is 0 Å². The van der Waals surface area contributed by atoms with Gasteiger partial charge in [0, 0.05) is 49.6 Å². The topological polar surface area (TPSA) is 69.6 Å². The Labute approximate surface area is 158 Å². The zero-order valence-corrected chi connectivity index (χ0v) is 16.7. The zero-order valence-electron chi connectivity index (χ0n) is 13.6. The summed E-state index contributed by atoms with van der Waals surface area (Å²) < 4.78 is 0. The minimum Gasteiger partial charge on any atom is -0.355 e. The van der Waals surface area contributed by atoms with Crippen LogP contribution in [0.4, 0.5) is 0 Å². The summed E-state index contributed by atoms with van der Waals surface area (Å²) in [7, 11) is 1.82. The Morgan fingerprint density at radius 1 is 1.61 bits per heavy atom. The molecule has 2 N–H and O–H groups in total. The molecule has 0 radical (unpaired) electrons. The van der Waals surface area contributed by atoms with Crippen molar-refractivity contribution in [1.82, 2.24) is 20.5 Å². The number of halogens is 1. The maximum absolute atomic E-state index is 11.6. The van der Waals surface area contributed by atoms with Gasteiger partial charge in [0.05, 0.1) is 11.6 Å². The lowest BCUT2D eigenvalue weighted by Gasteiger charge is -2.40. The number of amides is 1. The van der Waals surface area contributed by atoms with E-state index in [1.807, 2.05) is 20.2 Å². The van der Waals surface area contributed by atoms with E-state index in [1.165, 1.54) is 4.88 Å². The highest BCUT2D eigenvalue weighted by Crippen LogP contribution is 2.35. The van der Waals surface area contributed by atoms with Gasteiger partial charge < -0.3 is 15.5 Å². The van der Waals surface area contributed by atoms with E-state index in [0.717, 1.165) is 50.0 Å². The minimum atomic E-state index is 0. The van der Waals surface area contributed by atoms with Crippen LogP contribution in [0.2, 0.25) is 0 Å². The van der Waals surface area contributed by atoms with Crippen molar-refractivity contribution in [2.24, 2.45) is 10.4 Å². The largest absolute Gasteiger partial charge is 0.355 e. The fourth-order valence-electron chi connectivity index (χ4n) is 3.41. The van der Waals surface area contributed by atoms with Gasteiger partial charge in [0.2, 0.25) is 5.91 Å². The molecule has 0 aliphatic carbocycles. The van der Waals surface area contributed by atoms with Crippen molar-refractivity contribution in [3.8, 4) is 0 Å². The molecule has 1 unspecified atom stereocenters. The van der Waals surface area contributed by atoms with Crippen molar-refractivity contribution in [3.63, 3.8) is 0 Å². The Bertz CT molecular complexity index is 590. The van der Waals surface area contributed by atoms with Gasteiger partial charge in [0.15, 0.2) is 5.96 Å². The summed E-state index contributed by atoms with van der Waals surface area (Å²) in [6, 6.07) is 0. The summed E-state index contributed by atoms with van der Waals surface area (Å²) in [5.41, 5.74) is 0.0913. The maximum atomic E-state index is 11.6. The van der Waals surface area contributed by atoms with Crippen molar-refractivity contribution >= 4 is 47.2 Å². The first-order valence-corrected chi connectivity index (χ1v) is 8.55. The number of thiazole rings is 1. The maximum Gasteiger partial charge on any atom is 0.220 e. The number of likely N-dealkylation sites (tertiary alicyclic amines) is 1. The molecule has 1 aromatic heterocycles. The number of hydrogen-bond acceptors (Lipinski definition) is 4. The highest BCUT2D eigenvalue weighted by molar-refractivity contribution is 14.0. The number of nitrogens with one attached hydrogen (secondary N) is 2. The Hall–Kier alpha value is -0.900. The zero-order chi connectivity index (χ0) is 15.6. The van der Waals surface area contributed by atoms with Crippen molar-refractivity contribution in [2.45, 2.75) is 32.7 Å². The van der Waals surface area contributed by atoms with Crippen LogP contribution in [0.3, 0.4) is 0 Å². The number of carbonyl (C=O) groups excluding carboxylic acids is 1. The molecule has 6 nitrogen and oxygen atoms in total. The van der Waals surface area contributed by atoms with Gasteiger partial charge in [0.1, 0.15) is 0 Å². The quantitative estimate of drug-likeness (QED) is 0.410. The van der Waals surface area contributed by atoms with Crippen LogP contribution in [0.1, 0.15) is 29.1 Å². The fourth-order valence-corrected chi connectivity index (χ4v) is 4.15. The van der Waals surface area contributed by atoms with Gasteiger partial charge in [-0.1, -0.05) is 0 Å². The molecule has 2 aliphatic heterocycles. The standard InChI is InChI=1S/C15H23N5OS.HI/c1-11-17-7-12(22-11)8-18-14(16-2)20-5-3-4-15(10-20)6-13(21)19-9-15;/h7H,3-6,8-10H2,1-2H3,(H,16,18)(H,19,21);1H. The normalized spacial score (nSPS) is 24.5. The summed E-state index contributed by atoms with van der Waals surface area (Å²) in [6.45, 7) is 5.46. The molecular formula is C15H24IN5OS. The molecule has 0 bridgehead atoms. The number of aliphatic imine (C=N–C) groups is 1. The third-order valence-electron chi connectivity index (χ3n) is 4.46. The molecule has 2 saturated heterocycles. The van der Waals surface area contributed by atoms with E-state index in [2.05, 4.69) is 25.5 Å². The number of rotatable bonds is 2. The molecular weight excluding hydrogens is 425 g/mol. The molecule has 2 fully saturated rings. The Balaban J connectivity index is 0.00000192. The van der Waals surface area contributed by atoms with Crippen molar-refractivity contribution in [3.05, 3.63) is 16.1 Å². The Morgan fingerprint density at radius 3 is 3.04 bits per heavy atom. The number of aromatic nitrogens is 1. The summed E-state index contributed by atoms with van der Waals surface area (Å²) in [4.78, 5) is 23.8. The van der Waals surface area contributed by atoms with Crippen LogP contribution in [0, 0.1) is 12.3 Å². The molecule has 1 aromatic rings. The number of nitrogens with zero attached hydrogens (tertiary/aromatic N) is 3. The molecule has 1 atom stereocenters. The molecule has 128 valence electrons. The molecule has 2 aliphatic rings. The predicted octanol–water partition coefficient (Wildman–Crippen LogP) is 1.75. The second kappa shape index (κ2) is 7.78. The van der Waals surface area contributed by atoms with Crippen LogP contribution in [0.5, 0.6) is 0 Å². The van der Waals surface area contributed by atoms with Crippen molar-refractivity contribution in [1.29, 1.82) is 0 Å². The van der Waals surface area contributed by atoms with Crippen LogP contribution in [-0.2, 0) is 11.3 Å². The summed E-state index contributed by atoms with van der Waals surface area (Å²) in [6.07, 6.45) is 4.79. The van der Waals surface area contributed by atoms with Crippen LogP contribution in [0.15, 0.2) is 11.2 Å². The van der Waals surface area contributed by atoms with Crippen LogP contribution < -0.4 is 10.6 Å². The SMILES string of the molecule is CN=C(NCc1cnc(C)s1)N1CCCC2(CNC(=O)C2)C1.I. The van der Waals surface area contributed by atoms with Crippen molar-refractivity contribution < 1.29 is 4.79 Å². The number of hydrogen-bond donors (Lipinski definition) is 2. The number of carbonyl (C=O) groups is 1. The van der Waals surface area contributed by atoms with Gasteiger partial charge in [-0.2, -0.15) is 0 Å². The Kier molecular flexibility index (Phi) is 6.24. The molecule has 0 saturated carbocycles. The summed E-state index contributed by atoms with van der Waals surface area (Å²) >= 11 is 1.70. The first kappa shape index (κ1) is 18.4. The third-order valence-corrected chi connectivity index (χ3v) is 5.37. The lowest BCUT2D eigenvalue weighted by Crippen LogP contribution is -2.51. The molecule has 1 spiro atoms. The molecule has 3 heterocycles.